The summed E-state index contributed by atoms with van der Waals surface area (Å²) in [7, 11) is 0. The molecule has 0 bridgehead atoms. The number of benzene rings is 1. The molecule has 6 heteroatoms. The van der Waals surface area contributed by atoms with E-state index < -0.39 is 5.82 Å². The molecule has 0 atom stereocenters. The average molecular weight is 290 g/mol. The first-order valence-corrected chi connectivity index (χ1v) is 6.49. The molecule has 0 saturated heterocycles. The van der Waals surface area contributed by atoms with Gasteiger partial charge in [0.15, 0.2) is 5.78 Å². The van der Waals surface area contributed by atoms with Gasteiger partial charge < -0.3 is 0 Å². The summed E-state index contributed by atoms with van der Waals surface area (Å²) in [5.41, 5.74) is 0.449. The van der Waals surface area contributed by atoms with Crippen LogP contribution >= 0.6 is 0 Å². The van der Waals surface area contributed by atoms with Gasteiger partial charge in [-0.2, -0.15) is 0 Å². The molecule has 110 valence electrons. The number of hydrogen-bond acceptors (Lipinski definition) is 3. The van der Waals surface area contributed by atoms with Crippen LogP contribution in [0.2, 0.25) is 0 Å². The lowest BCUT2D eigenvalue weighted by Crippen LogP contribution is -2.33. The second kappa shape index (κ2) is 5.87. The fourth-order valence-electron chi connectivity index (χ4n) is 1.94. The third kappa shape index (κ3) is 3.16. The minimum atomic E-state index is -0.416. The largest absolute Gasteiger partial charge is 0.294 e. The van der Waals surface area contributed by atoms with Gasteiger partial charge in [0.1, 0.15) is 5.82 Å². The quantitative estimate of drug-likeness (QED) is 0.869. The van der Waals surface area contributed by atoms with Crippen LogP contribution in [-0.2, 0) is 6.54 Å². The number of halogens is 1. The molecule has 0 amide bonds. The highest BCUT2D eigenvalue weighted by Crippen LogP contribution is 2.06. The van der Waals surface area contributed by atoms with Crippen molar-refractivity contribution in [3.63, 3.8) is 0 Å². The summed E-state index contributed by atoms with van der Waals surface area (Å²) in [5, 5.41) is 2.44. The van der Waals surface area contributed by atoms with Crippen molar-refractivity contribution in [3.05, 3.63) is 67.5 Å². The van der Waals surface area contributed by atoms with Crippen LogP contribution in [0.3, 0.4) is 0 Å². The first-order chi connectivity index (χ1) is 9.90. The van der Waals surface area contributed by atoms with E-state index in [9.17, 15) is 18.8 Å². The van der Waals surface area contributed by atoms with E-state index in [1.807, 2.05) is 0 Å². The minimum absolute atomic E-state index is 0.0456. The lowest BCUT2D eigenvalue weighted by atomic mass is 10.1. The number of H-pyrrole nitrogens is 1. The molecule has 0 fully saturated rings. The maximum absolute atomic E-state index is 12.8. The van der Waals surface area contributed by atoms with Crippen LogP contribution in [0.4, 0.5) is 4.39 Å². The van der Waals surface area contributed by atoms with Gasteiger partial charge in [0.05, 0.1) is 6.54 Å². The minimum Gasteiger partial charge on any atom is -0.294 e. The molecule has 1 aromatic heterocycles. The first kappa shape index (κ1) is 14.9. The fourth-order valence-corrected chi connectivity index (χ4v) is 1.94. The molecule has 1 heterocycles. The average Bonchev–Trinajstić information content (AvgIpc) is 2.48. The number of aromatic amines is 1. The summed E-state index contributed by atoms with van der Waals surface area (Å²) in [5.74, 6) is -0.637. The molecule has 5 nitrogen and oxygen atoms in total. The standard InChI is InChI=1S/C15H15FN2O3/c1-9-10(2)15(21)18(17-14(9)20)8-7-13(19)11-3-5-12(16)6-4-11/h3-6H,7-8H2,1-2H3,(H,17,20). The number of carbonyl (C=O) groups excluding carboxylic acids is 1. The van der Waals surface area contributed by atoms with Crippen LogP contribution in [0.1, 0.15) is 27.9 Å². The summed E-state index contributed by atoms with van der Waals surface area (Å²) in [6, 6.07) is 5.20. The third-order valence-electron chi connectivity index (χ3n) is 3.43. The van der Waals surface area contributed by atoms with E-state index in [-0.39, 0.29) is 29.9 Å². The smallest absolute Gasteiger partial charge is 0.268 e. The van der Waals surface area contributed by atoms with E-state index in [2.05, 4.69) is 5.10 Å². The molecule has 0 aliphatic rings. The zero-order valence-corrected chi connectivity index (χ0v) is 11.8. The van der Waals surface area contributed by atoms with Gasteiger partial charge in [-0.15, -0.1) is 0 Å². The maximum Gasteiger partial charge on any atom is 0.268 e. The summed E-state index contributed by atoms with van der Waals surface area (Å²) in [6.07, 6.45) is 0.0456. The molecule has 2 aromatic rings. The number of hydrogen-bond donors (Lipinski definition) is 1. The fraction of sp³-hybridized carbons (Fsp3) is 0.267. The number of aromatic nitrogens is 2. The Kier molecular flexibility index (Phi) is 4.16. The van der Waals surface area contributed by atoms with Crippen molar-refractivity contribution in [2.45, 2.75) is 26.8 Å². The van der Waals surface area contributed by atoms with Crippen molar-refractivity contribution in [2.24, 2.45) is 0 Å². The zero-order valence-electron chi connectivity index (χ0n) is 11.8. The second-order valence-corrected chi connectivity index (χ2v) is 4.83. The molecular weight excluding hydrogens is 275 g/mol. The number of rotatable bonds is 4. The lowest BCUT2D eigenvalue weighted by Gasteiger charge is -2.07. The van der Waals surface area contributed by atoms with Crippen molar-refractivity contribution in [1.82, 2.24) is 9.78 Å². The SMILES string of the molecule is Cc1c(C)c(=O)n(CCC(=O)c2ccc(F)cc2)[nH]c1=O. The van der Waals surface area contributed by atoms with Crippen LogP contribution in [0.15, 0.2) is 33.9 Å². The van der Waals surface area contributed by atoms with Crippen LogP contribution in [0, 0.1) is 19.7 Å². The molecule has 1 N–H and O–H groups in total. The molecule has 0 aliphatic carbocycles. The van der Waals surface area contributed by atoms with Gasteiger partial charge >= 0.3 is 0 Å². The van der Waals surface area contributed by atoms with Gasteiger partial charge in [-0.3, -0.25) is 19.5 Å². The molecular formula is C15H15FN2O3. The number of Topliss-reactive ketones (excluding diaryl/α,β-unsaturated/α-hetero) is 1. The predicted molar refractivity (Wildman–Crippen MR) is 76.1 cm³/mol. The molecule has 0 spiro atoms. The summed E-state index contributed by atoms with van der Waals surface area (Å²) in [4.78, 5) is 35.5. The lowest BCUT2D eigenvalue weighted by molar-refractivity contribution is 0.0975. The van der Waals surface area contributed by atoms with E-state index >= 15 is 0 Å². The molecule has 21 heavy (non-hydrogen) atoms. The Labute approximate surface area is 120 Å². The molecule has 1 aromatic carbocycles. The Morgan fingerprint density at radius 1 is 1.14 bits per heavy atom. The Bertz CT molecular complexity index is 788. The van der Waals surface area contributed by atoms with Gasteiger partial charge in [0, 0.05) is 23.1 Å². The topological polar surface area (TPSA) is 71.9 Å². The van der Waals surface area contributed by atoms with E-state index in [0.717, 1.165) is 4.68 Å². The van der Waals surface area contributed by atoms with Crippen molar-refractivity contribution in [3.8, 4) is 0 Å². The van der Waals surface area contributed by atoms with Gasteiger partial charge in [-0.25, -0.2) is 9.07 Å². The molecule has 0 unspecified atom stereocenters. The molecule has 0 aliphatic heterocycles. The van der Waals surface area contributed by atoms with Gasteiger partial charge in [0.25, 0.3) is 11.1 Å². The van der Waals surface area contributed by atoms with Crippen molar-refractivity contribution in [2.75, 3.05) is 0 Å². The van der Waals surface area contributed by atoms with Gasteiger partial charge in [-0.05, 0) is 38.1 Å². The number of aryl methyl sites for hydroxylation is 1. The van der Waals surface area contributed by atoms with E-state index in [1.54, 1.807) is 13.8 Å². The normalized spacial score (nSPS) is 10.6. The highest BCUT2D eigenvalue weighted by atomic mass is 19.1. The molecule has 0 radical (unpaired) electrons. The number of carbonyl (C=O) groups is 1. The third-order valence-corrected chi connectivity index (χ3v) is 3.43. The van der Waals surface area contributed by atoms with Crippen LogP contribution in [0.5, 0.6) is 0 Å². The Balaban J connectivity index is 2.17. The summed E-state index contributed by atoms with van der Waals surface area (Å²) >= 11 is 0. The van der Waals surface area contributed by atoms with Gasteiger partial charge in [0.2, 0.25) is 0 Å². The van der Waals surface area contributed by atoms with Crippen LogP contribution in [0.25, 0.3) is 0 Å². The summed E-state index contributed by atoms with van der Waals surface area (Å²) in [6.45, 7) is 3.22. The van der Waals surface area contributed by atoms with E-state index in [0.29, 0.717) is 16.7 Å². The Hall–Kier alpha value is -2.50. The number of nitrogens with one attached hydrogen (secondary N) is 1. The highest BCUT2D eigenvalue weighted by Gasteiger charge is 2.10. The monoisotopic (exact) mass is 290 g/mol. The second-order valence-electron chi connectivity index (χ2n) is 4.83. The predicted octanol–water partition coefficient (Wildman–Crippen LogP) is 1.57. The number of nitrogens with zero attached hydrogens (tertiary/aromatic N) is 1. The Morgan fingerprint density at radius 3 is 2.38 bits per heavy atom. The van der Waals surface area contributed by atoms with E-state index in [1.165, 1.54) is 24.3 Å². The maximum atomic E-state index is 12.8. The molecule has 0 saturated carbocycles. The highest BCUT2D eigenvalue weighted by molar-refractivity contribution is 5.95. The molecule has 2 rings (SSSR count). The van der Waals surface area contributed by atoms with Crippen molar-refractivity contribution >= 4 is 5.78 Å². The van der Waals surface area contributed by atoms with Crippen molar-refractivity contribution < 1.29 is 9.18 Å². The van der Waals surface area contributed by atoms with E-state index in [4.69, 9.17) is 0 Å². The first-order valence-electron chi connectivity index (χ1n) is 6.49. The van der Waals surface area contributed by atoms with Gasteiger partial charge in [-0.1, -0.05) is 0 Å². The zero-order chi connectivity index (χ0) is 15.6. The van der Waals surface area contributed by atoms with Crippen LogP contribution < -0.4 is 11.1 Å². The Morgan fingerprint density at radius 2 is 1.76 bits per heavy atom. The number of ketones is 1. The van der Waals surface area contributed by atoms with Crippen molar-refractivity contribution in [1.29, 1.82) is 0 Å². The van der Waals surface area contributed by atoms with Crippen LogP contribution in [-0.4, -0.2) is 15.6 Å². The summed E-state index contributed by atoms with van der Waals surface area (Å²) < 4.78 is 13.9.